The molecule has 0 N–H and O–H groups in total. The highest BCUT2D eigenvalue weighted by Gasteiger charge is 2.17. The largest absolute Gasteiger partial charge is 0.454 e. The van der Waals surface area contributed by atoms with Crippen molar-refractivity contribution in [2.24, 2.45) is 0 Å². The van der Waals surface area contributed by atoms with Crippen molar-refractivity contribution >= 4 is 11.6 Å². The summed E-state index contributed by atoms with van der Waals surface area (Å²) >= 11 is 0. The fourth-order valence-corrected chi connectivity index (χ4v) is 2.41. The van der Waals surface area contributed by atoms with Crippen LogP contribution < -0.4 is 14.4 Å². The van der Waals surface area contributed by atoms with Crippen LogP contribution >= 0.6 is 0 Å². The quantitative estimate of drug-likeness (QED) is 0.869. The van der Waals surface area contributed by atoms with E-state index >= 15 is 0 Å². The summed E-state index contributed by atoms with van der Waals surface area (Å²) in [6, 6.07) is 13.8. The number of hydrogen-bond donors (Lipinski definition) is 0. The standard InChI is InChI=1S/C18H19NO3/c1-13-3-5-14(6-4-13)7-10-18(20)19(2)15-8-9-16-17(11-15)22-12-21-16/h3-6,8-9,11H,7,10,12H2,1-2H3. The maximum absolute atomic E-state index is 12.3. The second-order valence-electron chi connectivity index (χ2n) is 5.48. The van der Waals surface area contributed by atoms with E-state index in [4.69, 9.17) is 9.47 Å². The predicted molar refractivity (Wildman–Crippen MR) is 85.5 cm³/mol. The summed E-state index contributed by atoms with van der Waals surface area (Å²) in [5.74, 6) is 1.50. The lowest BCUT2D eigenvalue weighted by atomic mass is 10.1. The summed E-state index contributed by atoms with van der Waals surface area (Å²) in [4.78, 5) is 14.0. The van der Waals surface area contributed by atoms with Crippen molar-refractivity contribution in [3.05, 3.63) is 53.6 Å². The average Bonchev–Trinajstić information content (AvgIpc) is 3.00. The number of nitrogens with zero attached hydrogens (tertiary/aromatic N) is 1. The molecule has 2 aromatic carbocycles. The summed E-state index contributed by atoms with van der Waals surface area (Å²) in [6.07, 6.45) is 1.22. The number of amides is 1. The lowest BCUT2D eigenvalue weighted by molar-refractivity contribution is -0.118. The minimum absolute atomic E-state index is 0.0828. The summed E-state index contributed by atoms with van der Waals surface area (Å²) in [7, 11) is 1.79. The molecule has 0 spiro atoms. The molecule has 0 aliphatic carbocycles. The zero-order valence-electron chi connectivity index (χ0n) is 12.8. The second kappa shape index (κ2) is 6.10. The van der Waals surface area contributed by atoms with Crippen molar-refractivity contribution < 1.29 is 14.3 Å². The van der Waals surface area contributed by atoms with Gasteiger partial charge in [-0.3, -0.25) is 4.79 Å². The lowest BCUT2D eigenvalue weighted by Gasteiger charge is -2.17. The minimum atomic E-state index is 0.0828. The summed E-state index contributed by atoms with van der Waals surface area (Å²) in [5.41, 5.74) is 3.23. The summed E-state index contributed by atoms with van der Waals surface area (Å²) in [5, 5.41) is 0. The van der Waals surface area contributed by atoms with Crippen LogP contribution in [0.4, 0.5) is 5.69 Å². The Balaban J connectivity index is 1.63. The van der Waals surface area contributed by atoms with Crippen LogP contribution in [0.5, 0.6) is 11.5 Å². The normalized spacial score (nSPS) is 12.3. The molecule has 1 amide bonds. The molecule has 4 heteroatoms. The molecule has 0 unspecified atom stereocenters. The van der Waals surface area contributed by atoms with Crippen LogP contribution in [0.2, 0.25) is 0 Å². The number of hydrogen-bond acceptors (Lipinski definition) is 3. The van der Waals surface area contributed by atoms with E-state index in [2.05, 4.69) is 31.2 Å². The topological polar surface area (TPSA) is 38.8 Å². The van der Waals surface area contributed by atoms with Crippen molar-refractivity contribution in [1.82, 2.24) is 0 Å². The van der Waals surface area contributed by atoms with Crippen LogP contribution in [0.25, 0.3) is 0 Å². The number of anilines is 1. The van der Waals surface area contributed by atoms with Gasteiger partial charge < -0.3 is 14.4 Å². The number of carbonyl (C=O) groups excluding carboxylic acids is 1. The van der Waals surface area contributed by atoms with Gasteiger partial charge in [-0.25, -0.2) is 0 Å². The molecule has 1 aliphatic heterocycles. The lowest BCUT2D eigenvalue weighted by Crippen LogP contribution is -2.26. The number of rotatable bonds is 4. The molecule has 0 aromatic heterocycles. The van der Waals surface area contributed by atoms with Gasteiger partial charge in [-0.2, -0.15) is 0 Å². The Morgan fingerprint density at radius 1 is 1.09 bits per heavy atom. The summed E-state index contributed by atoms with van der Waals surface area (Å²) in [6.45, 7) is 2.30. The molecule has 4 nitrogen and oxygen atoms in total. The van der Waals surface area contributed by atoms with E-state index in [9.17, 15) is 4.79 Å². The van der Waals surface area contributed by atoms with Gasteiger partial charge in [0, 0.05) is 25.2 Å². The Labute approximate surface area is 130 Å². The first-order chi connectivity index (χ1) is 10.6. The molecule has 114 valence electrons. The Hall–Kier alpha value is -2.49. The molecule has 1 aliphatic rings. The summed E-state index contributed by atoms with van der Waals surface area (Å²) < 4.78 is 10.6. The van der Waals surface area contributed by atoms with Gasteiger partial charge in [0.1, 0.15) is 0 Å². The highest BCUT2D eigenvalue weighted by atomic mass is 16.7. The third-order valence-electron chi connectivity index (χ3n) is 3.87. The first-order valence-electron chi connectivity index (χ1n) is 7.35. The molecule has 2 aromatic rings. The Bertz CT molecular complexity index is 679. The van der Waals surface area contributed by atoms with Crippen molar-refractivity contribution in [2.45, 2.75) is 19.8 Å². The molecule has 0 bridgehead atoms. The second-order valence-corrected chi connectivity index (χ2v) is 5.48. The van der Waals surface area contributed by atoms with E-state index in [0.717, 1.165) is 17.9 Å². The van der Waals surface area contributed by atoms with Crippen molar-refractivity contribution in [3.63, 3.8) is 0 Å². The molecular weight excluding hydrogens is 278 g/mol. The first-order valence-corrected chi connectivity index (χ1v) is 7.35. The maximum atomic E-state index is 12.3. The maximum Gasteiger partial charge on any atom is 0.231 e. The smallest absolute Gasteiger partial charge is 0.231 e. The van der Waals surface area contributed by atoms with E-state index in [-0.39, 0.29) is 12.7 Å². The number of benzene rings is 2. The van der Waals surface area contributed by atoms with Gasteiger partial charge in [-0.15, -0.1) is 0 Å². The number of ether oxygens (including phenoxy) is 2. The van der Waals surface area contributed by atoms with Gasteiger partial charge in [0.15, 0.2) is 11.5 Å². The van der Waals surface area contributed by atoms with Gasteiger partial charge >= 0.3 is 0 Å². The molecule has 22 heavy (non-hydrogen) atoms. The molecule has 3 rings (SSSR count). The Morgan fingerprint density at radius 3 is 2.59 bits per heavy atom. The molecular formula is C18H19NO3. The number of aryl methyl sites for hydroxylation is 2. The van der Waals surface area contributed by atoms with Crippen LogP contribution in [0.1, 0.15) is 17.5 Å². The van der Waals surface area contributed by atoms with Crippen molar-refractivity contribution in [1.29, 1.82) is 0 Å². The van der Waals surface area contributed by atoms with Crippen LogP contribution in [-0.4, -0.2) is 19.7 Å². The van der Waals surface area contributed by atoms with Gasteiger partial charge in [-0.1, -0.05) is 29.8 Å². The van der Waals surface area contributed by atoms with Crippen molar-refractivity contribution in [2.75, 3.05) is 18.7 Å². The van der Waals surface area contributed by atoms with E-state index in [0.29, 0.717) is 12.2 Å². The highest BCUT2D eigenvalue weighted by Crippen LogP contribution is 2.35. The van der Waals surface area contributed by atoms with E-state index in [1.807, 2.05) is 18.2 Å². The average molecular weight is 297 g/mol. The molecule has 0 saturated carbocycles. The fourth-order valence-electron chi connectivity index (χ4n) is 2.41. The predicted octanol–water partition coefficient (Wildman–Crippen LogP) is 3.32. The zero-order chi connectivity index (χ0) is 15.5. The highest BCUT2D eigenvalue weighted by molar-refractivity contribution is 5.93. The Kier molecular flexibility index (Phi) is 4.00. The van der Waals surface area contributed by atoms with Gasteiger partial charge in [-0.05, 0) is 31.0 Å². The Morgan fingerprint density at radius 2 is 1.82 bits per heavy atom. The molecule has 0 fully saturated rings. The first kappa shape index (κ1) is 14.4. The van der Waals surface area contributed by atoms with E-state index in [1.165, 1.54) is 11.1 Å². The minimum Gasteiger partial charge on any atom is -0.454 e. The van der Waals surface area contributed by atoms with Gasteiger partial charge in [0.2, 0.25) is 12.7 Å². The SMILES string of the molecule is Cc1ccc(CCC(=O)N(C)c2ccc3c(c2)OCO3)cc1. The van der Waals surface area contributed by atoms with Crippen LogP contribution in [-0.2, 0) is 11.2 Å². The van der Waals surface area contributed by atoms with Crippen molar-refractivity contribution in [3.8, 4) is 11.5 Å². The monoisotopic (exact) mass is 297 g/mol. The fraction of sp³-hybridized carbons (Fsp3) is 0.278. The van der Waals surface area contributed by atoms with E-state index in [1.54, 1.807) is 11.9 Å². The molecule has 0 saturated heterocycles. The van der Waals surface area contributed by atoms with Crippen LogP contribution in [0, 0.1) is 6.92 Å². The van der Waals surface area contributed by atoms with Crippen LogP contribution in [0.15, 0.2) is 42.5 Å². The van der Waals surface area contributed by atoms with Gasteiger partial charge in [0.25, 0.3) is 0 Å². The number of fused-ring (bicyclic) bond motifs is 1. The zero-order valence-corrected chi connectivity index (χ0v) is 12.8. The molecule has 1 heterocycles. The van der Waals surface area contributed by atoms with E-state index < -0.39 is 0 Å². The van der Waals surface area contributed by atoms with Gasteiger partial charge in [0.05, 0.1) is 0 Å². The van der Waals surface area contributed by atoms with Crippen LogP contribution in [0.3, 0.4) is 0 Å². The third-order valence-corrected chi connectivity index (χ3v) is 3.87. The molecule has 0 radical (unpaired) electrons. The molecule has 0 atom stereocenters. The number of carbonyl (C=O) groups is 1. The third kappa shape index (κ3) is 3.06.